The van der Waals surface area contributed by atoms with Gasteiger partial charge in [0.2, 0.25) is 0 Å². The van der Waals surface area contributed by atoms with Gasteiger partial charge in [-0.3, -0.25) is 0 Å². The summed E-state index contributed by atoms with van der Waals surface area (Å²) in [4.78, 5) is 24.8. The van der Waals surface area contributed by atoms with Gasteiger partial charge in [0.25, 0.3) is 0 Å². The number of carbonyl (C=O) groups excluding carboxylic acids is 1. The molecule has 0 spiro atoms. The van der Waals surface area contributed by atoms with Crippen LogP contribution < -0.4 is 5.32 Å². The van der Waals surface area contributed by atoms with Gasteiger partial charge in [0.15, 0.2) is 0 Å². The largest absolute Gasteiger partial charge is 0.478 e. The molecule has 1 heterocycles. The summed E-state index contributed by atoms with van der Waals surface area (Å²) >= 11 is 1.45. The van der Waals surface area contributed by atoms with Crippen LogP contribution in [0.25, 0.3) is 6.08 Å². The Morgan fingerprint density at radius 3 is 2.65 bits per heavy atom. The molecule has 0 fully saturated rings. The number of thiophene rings is 1. The smallest absolute Gasteiger partial charge is 0.328 e. The standard InChI is InChI=1S/C14H20N2O3S/c1-14(2,3)15-13(19)16(4)8-10-7-11(20-9-10)5-6-12(17)18/h5-7,9H,8H2,1-4H3,(H,15,19)(H,17,18). The number of hydrogen-bond acceptors (Lipinski definition) is 3. The maximum Gasteiger partial charge on any atom is 0.328 e. The van der Waals surface area contributed by atoms with E-state index in [1.54, 1.807) is 18.0 Å². The second-order valence-electron chi connectivity index (χ2n) is 5.57. The van der Waals surface area contributed by atoms with Crippen molar-refractivity contribution in [1.82, 2.24) is 10.2 Å². The van der Waals surface area contributed by atoms with Crippen molar-refractivity contribution in [3.05, 3.63) is 28.0 Å². The quantitative estimate of drug-likeness (QED) is 0.839. The van der Waals surface area contributed by atoms with Gasteiger partial charge in [-0.05, 0) is 43.9 Å². The number of aliphatic carboxylic acids is 1. The lowest BCUT2D eigenvalue weighted by atomic mass is 10.1. The summed E-state index contributed by atoms with van der Waals surface area (Å²) in [6.45, 7) is 6.27. The monoisotopic (exact) mass is 296 g/mol. The fraction of sp³-hybridized carbons (Fsp3) is 0.429. The minimum atomic E-state index is -0.971. The highest BCUT2D eigenvalue weighted by Crippen LogP contribution is 2.17. The van der Waals surface area contributed by atoms with E-state index in [2.05, 4.69) is 5.32 Å². The van der Waals surface area contributed by atoms with Gasteiger partial charge in [-0.15, -0.1) is 11.3 Å². The molecular formula is C14H20N2O3S. The maximum absolute atomic E-state index is 11.9. The predicted octanol–water partition coefficient (Wildman–Crippen LogP) is 2.79. The molecule has 0 radical (unpaired) electrons. The number of nitrogens with zero attached hydrogens (tertiary/aromatic N) is 1. The third-order valence-electron chi connectivity index (χ3n) is 2.31. The Hall–Kier alpha value is -1.82. The summed E-state index contributed by atoms with van der Waals surface area (Å²) in [5.41, 5.74) is 0.710. The predicted molar refractivity (Wildman–Crippen MR) is 80.7 cm³/mol. The molecule has 0 atom stereocenters. The molecule has 0 bridgehead atoms. The van der Waals surface area contributed by atoms with Crippen molar-refractivity contribution in [3.63, 3.8) is 0 Å². The molecule has 0 aliphatic heterocycles. The highest BCUT2D eigenvalue weighted by Gasteiger charge is 2.17. The van der Waals surface area contributed by atoms with E-state index in [4.69, 9.17) is 5.11 Å². The molecule has 0 aliphatic rings. The summed E-state index contributed by atoms with van der Waals surface area (Å²) in [5, 5.41) is 13.4. The van der Waals surface area contributed by atoms with Crippen LogP contribution in [0, 0.1) is 0 Å². The van der Waals surface area contributed by atoms with Gasteiger partial charge in [0, 0.05) is 30.1 Å². The van der Waals surface area contributed by atoms with E-state index in [1.807, 2.05) is 32.2 Å². The molecule has 2 N–H and O–H groups in total. The van der Waals surface area contributed by atoms with E-state index in [0.29, 0.717) is 6.54 Å². The lowest BCUT2D eigenvalue weighted by molar-refractivity contribution is -0.131. The minimum absolute atomic E-state index is 0.133. The van der Waals surface area contributed by atoms with Crippen molar-refractivity contribution in [2.75, 3.05) is 7.05 Å². The van der Waals surface area contributed by atoms with Crippen molar-refractivity contribution in [2.45, 2.75) is 32.9 Å². The highest BCUT2D eigenvalue weighted by molar-refractivity contribution is 7.11. The first kappa shape index (κ1) is 16.2. The zero-order valence-electron chi connectivity index (χ0n) is 12.1. The molecule has 20 heavy (non-hydrogen) atoms. The molecule has 110 valence electrons. The Labute approximate surface area is 122 Å². The van der Waals surface area contributed by atoms with E-state index in [9.17, 15) is 9.59 Å². The molecule has 0 aliphatic carbocycles. The van der Waals surface area contributed by atoms with Gasteiger partial charge in [-0.1, -0.05) is 0 Å². The van der Waals surface area contributed by atoms with Crippen LogP contribution >= 0.6 is 11.3 Å². The van der Waals surface area contributed by atoms with Crippen LogP contribution in [-0.4, -0.2) is 34.6 Å². The van der Waals surface area contributed by atoms with E-state index >= 15 is 0 Å². The summed E-state index contributed by atoms with van der Waals surface area (Å²) < 4.78 is 0. The SMILES string of the molecule is CN(Cc1csc(C=CC(=O)O)c1)C(=O)NC(C)(C)C. The first-order valence-corrected chi connectivity index (χ1v) is 7.07. The van der Waals surface area contributed by atoms with Crippen molar-refractivity contribution in [2.24, 2.45) is 0 Å². The highest BCUT2D eigenvalue weighted by atomic mass is 32.1. The molecule has 1 rings (SSSR count). The van der Waals surface area contributed by atoms with Crippen LogP contribution in [0.15, 0.2) is 17.5 Å². The second-order valence-corrected chi connectivity index (χ2v) is 6.51. The van der Waals surface area contributed by atoms with Gasteiger partial charge >= 0.3 is 12.0 Å². The van der Waals surface area contributed by atoms with Gasteiger partial charge in [0.1, 0.15) is 0 Å². The lowest BCUT2D eigenvalue weighted by Crippen LogP contribution is -2.46. The van der Waals surface area contributed by atoms with Crippen LogP contribution in [0.3, 0.4) is 0 Å². The molecule has 2 amide bonds. The number of urea groups is 1. The average molecular weight is 296 g/mol. The van der Waals surface area contributed by atoms with Crippen molar-refractivity contribution < 1.29 is 14.7 Å². The lowest BCUT2D eigenvalue weighted by Gasteiger charge is -2.25. The molecule has 5 nitrogen and oxygen atoms in total. The number of amides is 2. The third kappa shape index (κ3) is 5.88. The Morgan fingerprint density at radius 1 is 1.45 bits per heavy atom. The number of nitrogens with one attached hydrogen (secondary N) is 1. The number of carboxylic acids is 1. The second kappa shape index (κ2) is 6.56. The fourth-order valence-corrected chi connectivity index (χ4v) is 2.28. The van der Waals surface area contributed by atoms with Gasteiger partial charge in [0.05, 0.1) is 0 Å². The first-order chi connectivity index (χ1) is 9.17. The average Bonchev–Trinajstić information content (AvgIpc) is 2.71. The summed E-state index contributed by atoms with van der Waals surface area (Å²) in [5.74, 6) is -0.971. The normalized spacial score (nSPS) is 11.6. The zero-order chi connectivity index (χ0) is 15.3. The Bertz CT molecular complexity index is 515. The number of carboxylic acid groups (broad SMARTS) is 1. The third-order valence-corrected chi connectivity index (χ3v) is 3.26. The summed E-state index contributed by atoms with van der Waals surface area (Å²) in [6.07, 6.45) is 2.65. The van der Waals surface area contributed by atoms with E-state index < -0.39 is 5.97 Å². The molecule has 1 aromatic heterocycles. The Morgan fingerprint density at radius 2 is 2.10 bits per heavy atom. The molecular weight excluding hydrogens is 276 g/mol. The van der Waals surface area contributed by atoms with E-state index in [0.717, 1.165) is 16.5 Å². The maximum atomic E-state index is 11.9. The Kier molecular flexibility index (Phi) is 5.33. The molecule has 0 saturated heterocycles. The number of hydrogen-bond donors (Lipinski definition) is 2. The number of rotatable bonds is 4. The van der Waals surface area contributed by atoms with Gasteiger partial charge in [-0.2, -0.15) is 0 Å². The van der Waals surface area contributed by atoms with Crippen molar-refractivity contribution in [1.29, 1.82) is 0 Å². The molecule has 6 heteroatoms. The van der Waals surface area contributed by atoms with Crippen LogP contribution in [-0.2, 0) is 11.3 Å². The zero-order valence-corrected chi connectivity index (χ0v) is 13.0. The fourth-order valence-electron chi connectivity index (χ4n) is 1.48. The summed E-state index contributed by atoms with van der Waals surface area (Å²) in [7, 11) is 1.73. The van der Waals surface area contributed by atoms with Crippen LogP contribution in [0.5, 0.6) is 0 Å². The van der Waals surface area contributed by atoms with Crippen molar-refractivity contribution in [3.8, 4) is 0 Å². The van der Waals surface area contributed by atoms with E-state index in [-0.39, 0.29) is 11.6 Å². The molecule has 0 aromatic carbocycles. The molecule has 0 unspecified atom stereocenters. The van der Waals surface area contributed by atoms with Crippen LogP contribution in [0.4, 0.5) is 4.79 Å². The van der Waals surface area contributed by atoms with Crippen molar-refractivity contribution >= 4 is 29.4 Å². The van der Waals surface area contributed by atoms with Crippen LogP contribution in [0.2, 0.25) is 0 Å². The first-order valence-electron chi connectivity index (χ1n) is 6.19. The Balaban J connectivity index is 2.60. The van der Waals surface area contributed by atoms with Gasteiger partial charge < -0.3 is 15.3 Å². The van der Waals surface area contributed by atoms with Crippen LogP contribution in [0.1, 0.15) is 31.2 Å². The van der Waals surface area contributed by atoms with E-state index in [1.165, 1.54) is 11.3 Å². The number of carbonyl (C=O) groups is 2. The minimum Gasteiger partial charge on any atom is -0.478 e. The molecule has 1 aromatic rings. The van der Waals surface area contributed by atoms with Gasteiger partial charge in [-0.25, -0.2) is 9.59 Å². The molecule has 0 saturated carbocycles. The summed E-state index contributed by atoms with van der Waals surface area (Å²) in [6, 6.07) is 1.75. The topological polar surface area (TPSA) is 69.6 Å².